The third-order valence-electron chi connectivity index (χ3n) is 3.14. The lowest BCUT2D eigenvalue weighted by Crippen LogP contribution is -2.46. The summed E-state index contributed by atoms with van der Waals surface area (Å²) < 4.78 is 5.27. The fraction of sp³-hybridized carbons (Fsp3) is 0.500. The molecule has 98 valence electrons. The molecule has 6 nitrogen and oxygen atoms in total. The number of hydrogen-bond acceptors (Lipinski definition) is 5. The van der Waals surface area contributed by atoms with Gasteiger partial charge in [0.2, 0.25) is 0 Å². The van der Waals surface area contributed by atoms with Crippen molar-refractivity contribution in [3.63, 3.8) is 0 Å². The van der Waals surface area contributed by atoms with Gasteiger partial charge in [-0.05, 0) is 25.0 Å². The monoisotopic (exact) mass is 252 g/mol. The van der Waals surface area contributed by atoms with Gasteiger partial charge in [0.05, 0.1) is 24.0 Å². The van der Waals surface area contributed by atoms with Gasteiger partial charge < -0.3 is 20.3 Å². The van der Waals surface area contributed by atoms with Gasteiger partial charge in [0.15, 0.2) is 0 Å². The van der Waals surface area contributed by atoms with Gasteiger partial charge in [-0.3, -0.25) is 0 Å². The summed E-state index contributed by atoms with van der Waals surface area (Å²) in [4.78, 5) is 14.5. The maximum absolute atomic E-state index is 10.7. The van der Waals surface area contributed by atoms with Crippen LogP contribution in [0.25, 0.3) is 0 Å². The highest BCUT2D eigenvalue weighted by atomic mass is 16.5. The summed E-state index contributed by atoms with van der Waals surface area (Å²) in [6.45, 7) is 1.22. The molecule has 1 aliphatic rings. The molecule has 0 unspecified atom stereocenters. The van der Waals surface area contributed by atoms with Crippen LogP contribution in [0.15, 0.2) is 18.3 Å². The molecule has 2 rings (SSSR count). The number of aromatic carboxylic acids is 1. The molecule has 0 radical (unpaired) electrons. The van der Waals surface area contributed by atoms with Crippen LogP contribution in [0.1, 0.15) is 23.3 Å². The number of carboxylic acid groups (broad SMARTS) is 1. The zero-order valence-corrected chi connectivity index (χ0v) is 9.93. The van der Waals surface area contributed by atoms with Gasteiger partial charge >= 0.3 is 5.97 Å². The minimum Gasteiger partial charge on any atom is -0.477 e. The van der Waals surface area contributed by atoms with E-state index in [1.54, 1.807) is 6.07 Å². The number of nitrogens with zero attached hydrogens (tertiary/aromatic N) is 1. The van der Waals surface area contributed by atoms with Crippen molar-refractivity contribution in [2.45, 2.75) is 18.4 Å². The van der Waals surface area contributed by atoms with Gasteiger partial charge in [-0.15, -0.1) is 0 Å². The third kappa shape index (κ3) is 2.77. The molecular weight excluding hydrogens is 236 g/mol. The Hall–Kier alpha value is -1.66. The molecule has 3 N–H and O–H groups in total. The molecule has 1 aromatic heterocycles. The molecule has 0 bridgehead atoms. The maximum Gasteiger partial charge on any atom is 0.354 e. The minimum atomic E-state index is -1.05. The standard InChI is InChI=1S/C12H16N2O4/c15-8-12(3-5-18-6-4-12)14-9-1-2-10(11(16)17)13-7-9/h1-2,7,14-15H,3-6,8H2,(H,16,17). The van der Waals surface area contributed by atoms with Crippen LogP contribution in [0.2, 0.25) is 0 Å². The van der Waals surface area contributed by atoms with Crippen molar-refractivity contribution in [3.05, 3.63) is 24.0 Å². The van der Waals surface area contributed by atoms with Gasteiger partial charge in [-0.1, -0.05) is 0 Å². The van der Waals surface area contributed by atoms with Crippen LogP contribution in [-0.2, 0) is 4.74 Å². The zero-order valence-electron chi connectivity index (χ0n) is 9.93. The molecule has 0 spiro atoms. The SMILES string of the molecule is O=C(O)c1ccc(NC2(CO)CCOCC2)cn1. The summed E-state index contributed by atoms with van der Waals surface area (Å²) in [5.74, 6) is -1.05. The van der Waals surface area contributed by atoms with Crippen LogP contribution in [0.3, 0.4) is 0 Å². The second kappa shape index (κ2) is 5.32. The van der Waals surface area contributed by atoms with E-state index < -0.39 is 11.5 Å². The number of nitrogens with one attached hydrogen (secondary N) is 1. The predicted octanol–water partition coefficient (Wildman–Crippen LogP) is 0.733. The van der Waals surface area contributed by atoms with E-state index in [-0.39, 0.29) is 12.3 Å². The first-order valence-electron chi connectivity index (χ1n) is 5.81. The van der Waals surface area contributed by atoms with E-state index in [4.69, 9.17) is 9.84 Å². The fourth-order valence-electron chi connectivity index (χ4n) is 1.99. The largest absolute Gasteiger partial charge is 0.477 e. The van der Waals surface area contributed by atoms with E-state index in [1.165, 1.54) is 12.3 Å². The van der Waals surface area contributed by atoms with E-state index in [1.807, 2.05) is 0 Å². The van der Waals surface area contributed by atoms with E-state index in [2.05, 4.69) is 10.3 Å². The molecule has 6 heteroatoms. The second-order valence-electron chi connectivity index (χ2n) is 4.41. The van der Waals surface area contributed by atoms with Gasteiger partial charge in [-0.25, -0.2) is 9.78 Å². The molecule has 1 aliphatic heterocycles. The topological polar surface area (TPSA) is 91.7 Å². The van der Waals surface area contributed by atoms with Crippen LogP contribution in [-0.4, -0.2) is 46.5 Å². The lowest BCUT2D eigenvalue weighted by molar-refractivity contribution is 0.0380. The number of ether oxygens (including phenoxy) is 1. The lowest BCUT2D eigenvalue weighted by atomic mass is 9.91. The molecule has 2 heterocycles. The minimum absolute atomic E-state index is 0.00516. The second-order valence-corrected chi connectivity index (χ2v) is 4.41. The Morgan fingerprint density at radius 1 is 1.44 bits per heavy atom. The summed E-state index contributed by atoms with van der Waals surface area (Å²) in [5.41, 5.74) is 0.312. The highest BCUT2D eigenvalue weighted by Gasteiger charge is 2.31. The van der Waals surface area contributed by atoms with Gasteiger partial charge in [-0.2, -0.15) is 0 Å². The Morgan fingerprint density at radius 2 is 2.17 bits per heavy atom. The molecular formula is C12H16N2O4. The molecule has 1 saturated heterocycles. The van der Waals surface area contributed by atoms with Crippen LogP contribution < -0.4 is 5.32 Å². The number of pyridine rings is 1. The molecule has 1 fully saturated rings. The highest BCUT2D eigenvalue weighted by Crippen LogP contribution is 2.25. The van der Waals surface area contributed by atoms with E-state index in [9.17, 15) is 9.90 Å². The zero-order chi connectivity index (χ0) is 13.0. The Morgan fingerprint density at radius 3 is 2.67 bits per heavy atom. The summed E-state index contributed by atoms with van der Waals surface area (Å²) in [7, 11) is 0. The first-order chi connectivity index (χ1) is 8.65. The van der Waals surface area contributed by atoms with E-state index in [0.717, 1.165) is 0 Å². The Bertz CT molecular complexity index is 413. The van der Waals surface area contributed by atoms with Crippen LogP contribution >= 0.6 is 0 Å². The average Bonchev–Trinajstić information content (AvgIpc) is 2.40. The van der Waals surface area contributed by atoms with Crippen molar-refractivity contribution in [1.29, 1.82) is 0 Å². The molecule has 0 saturated carbocycles. The van der Waals surface area contributed by atoms with Crippen molar-refractivity contribution in [2.24, 2.45) is 0 Å². The lowest BCUT2D eigenvalue weighted by Gasteiger charge is -2.37. The van der Waals surface area contributed by atoms with Crippen molar-refractivity contribution in [1.82, 2.24) is 4.98 Å². The first-order valence-corrected chi connectivity index (χ1v) is 5.81. The Kier molecular flexibility index (Phi) is 3.78. The summed E-state index contributed by atoms with van der Waals surface area (Å²) in [6.07, 6.45) is 2.89. The summed E-state index contributed by atoms with van der Waals surface area (Å²) in [5, 5.41) is 21.5. The van der Waals surface area contributed by atoms with E-state index >= 15 is 0 Å². The number of carboxylic acids is 1. The van der Waals surface area contributed by atoms with Crippen molar-refractivity contribution in [2.75, 3.05) is 25.1 Å². The number of rotatable bonds is 4. The van der Waals surface area contributed by atoms with E-state index in [0.29, 0.717) is 31.7 Å². The molecule has 18 heavy (non-hydrogen) atoms. The number of anilines is 1. The van der Waals surface area contributed by atoms with Crippen molar-refractivity contribution in [3.8, 4) is 0 Å². The number of aliphatic hydroxyl groups excluding tert-OH is 1. The molecule has 0 atom stereocenters. The van der Waals surface area contributed by atoms with Crippen molar-refractivity contribution < 1.29 is 19.7 Å². The summed E-state index contributed by atoms with van der Waals surface area (Å²) >= 11 is 0. The Labute approximate surface area is 105 Å². The van der Waals surface area contributed by atoms with Crippen LogP contribution in [0, 0.1) is 0 Å². The summed E-state index contributed by atoms with van der Waals surface area (Å²) in [6, 6.07) is 3.10. The normalized spacial score (nSPS) is 18.3. The quantitative estimate of drug-likeness (QED) is 0.731. The number of aliphatic hydroxyl groups is 1. The maximum atomic E-state index is 10.7. The average molecular weight is 252 g/mol. The molecule has 1 aromatic rings. The molecule has 0 amide bonds. The smallest absolute Gasteiger partial charge is 0.354 e. The van der Waals surface area contributed by atoms with Gasteiger partial charge in [0, 0.05) is 13.2 Å². The van der Waals surface area contributed by atoms with Gasteiger partial charge in [0.1, 0.15) is 5.69 Å². The first kappa shape index (κ1) is 12.8. The number of carbonyl (C=O) groups is 1. The van der Waals surface area contributed by atoms with Gasteiger partial charge in [0.25, 0.3) is 0 Å². The van der Waals surface area contributed by atoms with Crippen molar-refractivity contribution >= 4 is 11.7 Å². The molecule has 0 aromatic carbocycles. The highest BCUT2D eigenvalue weighted by molar-refractivity contribution is 5.85. The van der Waals surface area contributed by atoms with Crippen LogP contribution in [0.5, 0.6) is 0 Å². The predicted molar refractivity (Wildman–Crippen MR) is 64.7 cm³/mol. The Balaban J connectivity index is 2.09. The third-order valence-corrected chi connectivity index (χ3v) is 3.14. The number of hydrogen-bond donors (Lipinski definition) is 3. The fourth-order valence-corrected chi connectivity index (χ4v) is 1.99. The number of aromatic nitrogens is 1. The van der Waals surface area contributed by atoms with Crippen LogP contribution in [0.4, 0.5) is 5.69 Å². The molecule has 0 aliphatic carbocycles.